The first-order valence-corrected chi connectivity index (χ1v) is 7.49. The highest BCUT2D eigenvalue weighted by Gasteiger charge is 2.15. The maximum absolute atomic E-state index is 12.0. The van der Waals surface area contributed by atoms with Gasteiger partial charge in [0, 0.05) is 18.2 Å². The molecule has 0 aliphatic rings. The zero-order valence-corrected chi connectivity index (χ0v) is 13.3. The first-order valence-electron chi connectivity index (χ1n) is 7.49. The summed E-state index contributed by atoms with van der Waals surface area (Å²) in [5.41, 5.74) is 6.58. The summed E-state index contributed by atoms with van der Waals surface area (Å²) < 4.78 is 5.58. The van der Waals surface area contributed by atoms with Gasteiger partial charge in [-0.2, -0.15) is 0 Å². The van der Waals surface area contributed by atoms with Crippen molar-refractivity contribution >= 4 is 17.3 Å². The lowest BCUT2D eigenvalue weighted by Crippen LogP contribution is -2.25. The van der Waals surface area contributed by atoms with E-state index in [9.17, 15) is 14.9 Å². The fourth-order valence-electron chi connectivity index (χ4n) is 2.11. The third-order valence-electron chi connectivity index (χ3n) is 3.35. The van der Waals surface area contributed by atoms with E-state index in [0.29, 0.717) is 19.6 Å². The number of nitro groups is 1. The van der Waals surface area contributed by atoms with Gasteiger partial charge in [0.2, 0.25) is 0 Å². The fourth-order valence-corrected chi connectivity index (χ4v) is 2.11. The van der Waals surface area contributed by atoms with E-state index in [4.69, 9.17) is 10.5 Å². The van der Waals surface area contributed by atoms with E-state index in [0.717, 1.165) is 11.3 Å². The number of rotatable bonds is 7. The summed E-state index contributed by atoms with van der Waals surface area (Å²) in [6.45, 7) is 2.85. The Morgan fingerprint density at radius 2 is 2.08 bits per heavy atom. The van der Waals surface area contributed by atoms with Crippen LogP contribution in [0.2, 0.25) is 0 Å². The average Bonchev–Trinajstić information content (AvgIpc) is 2.54. The second kappa shape index (κ2) is 7.96. The molecule has 24 heavy (non-hydrogen) atoms. The first-order chi connectivity index (χ1) is 11.5. The molecule has 7 heteroatoms. The number of hydrogen-bond donors (Lipinski definition) is 2. The van der Waals surface area contributed by atoms with Crippen LogP contribution in [-0.4, -0.2) is 24.0 Å². The van der Waals surface area contributed by atoms with Crippen molar-refractivity contribution in [2.45, 2.75) is 13.3 Å². The number of aryl methyl sites for hydroxylation is 1. The normalized spacial score (nSPS) is 10.2. The molecule has 0 fully saturated rings. The van der Waals surface area contributed by atoms with Crippen molar-refractivity contribution in [2.24, 2.45) is 0 Å². The molecule has 0 radical (unpaired) electrons. The van der Waals surface area contributed by atoms with E-state index < -0.39 is 4.92 Å². The van der Waals surface area contributed by atoms with E-state index in [1.54, 1.807) is 0 Å². The molecule has 126 valence electrons. The van der Waals surface area contributed by atoms with Gasteiger partial charge in [-0.1, -0.05) is 12.1 Å². The van der Waals surface area contributed by atoms with E-state index >= 15 is 0 Å². The minimum absolute atomic E-state index is 0.0307. The molecular weight excluding hydrogens is 310 g/mol. The average molecular weight is 329 g/mol. The van der Waals surface area contributed by atoms with Crippen LogP contribution in [0.1, 0.15) is 22.3 Å². The molecular formula is C17H19N3O4. The van der Waals surface area contributed by atoms with Gasteiger partial charge >= 0.3 is 0 Å². The van der Waals surface area contributed by atoms with Gasteiger partial charge in [0.25, 0.3) is 11.6 Å². The molecule has 0 aromatic heterocycles. The Hall–Kier alpha value is -3.09. The number of ether oxygens (including phenoxy) is 1. The van der Waals surface area contributed by atoms with Crippen molar-refractivity contribution in [3.8, 4) is 5.75 Å². The lowest BCUT2D eigenvalue weighted by Gasteiger charge is -2.08. The maximum atomic E-state index is 12.0. The van der Waals surface area contributed by atoms with Gasteiger partial charge in [-0.05, 0) is 43.2 Å². The van der Waals surface area contributed by atoms with Crippen LogP contribution in [-0.2, 0) is 0 Å². The van der Waals surface area contributed by atoms with Crippen LogP contribution in [0.25, 0.3) is 0 Å². The summed E-state index contributed by atoms with van der Waals surface area (Å²) in [6.07, 6.45) is 0.622. The summed E-state index contributed by atoms with van der Waals surface area (Å²) >= 11 is 0. The van der Waals surface area contributed by atoms with Crippen molar-refractivity contribution in [2.75, 3.05) is 18.9 Å². The number of carbonyl (C=O) groups is 1. The standard InChI is InChI=1S/C17H19N3O4/c1-12-4-2-5-14(10-12)24-9-3-8-19-17(21)13-6-7-15(18)16(11-13)20(22)23/h2,4-7,10-11H,3,8-9,18H2,1H3,(H,19,21). The van der Waals surface area contributed by atoms with E-state index in [2.05, 4.69) is 5.32 Å². The lowest BCUT2D eigenvalue weighted by atomic mass is 10.1. The van der Waals surface area contributed by atoms with Gasteiger partial charge in [-0.25, -0.2) is 0 Å². The Labute approximate surface area is 139 Å². The number of nitro benzene ring substituents is 1. The van der Waals surface area contributed by atoms with E-state index in [1.165, 1.54) is 18.2 Å². The van der Waals surface area contributed by atoms with Crippen LogP contribution >= 0.6 is 0 Å². The number of nitrogen functional groups attached to an aromatic ring is 1. The molecule has 0 aliphatic carbocycles. The van der Waals surface area contributed by atoms with Gasteiger partial charge in [0.05, 0.1) is 11.5 Å². The number of hydrogen-bond acceptors (Lipinski definition) is 5. The molecule has 0 aliphatic heterocycles. The SMILES string of the molecule is Cc1cccc(OCCCNC(=O)c2ccc(N)c([N+](=O)[O-])c2)c1. The molecule has 7 nitrogen and oxygen atoms in total. The Kier molecular flexibility index (Phi) is 5.73. The molecule has 0 unspecified atom stereocenters. The highest BCUT2D eigenvalue weighted by atomic mass is 16.6. The van der Waals surface area contributed by atoms with Gasteiger partial charge in [-0.3, -0.25) is 14.9 Å². The first kappa shape index (κ1) is 17.3. The van der Waals surface area contributed by atoms with Crippen molar-refractivity contribution < 1.29 is 14.5 Å². The van der Waals surface area contributed by atoms with Crippen LogP contribution < -0.4 is 15.8 Å². The quantitative estimate of drug-likeness (QED) is 0.351. The third kappa shape index (κ3) is 4.70. The predicted octanol–water partition coefficient (Wildman–Crippen LogP) is 2.68. The van der Waals surface area contributed by atoms with E-state index in [-0.39, 0.29) is 22.8 Å². The molecule has 2 aromatic rings. The highest BCUT2D eigenvalue weighted by Crippen LogP contribution is 2.22. The second-order valence-electron chi connectivity index (χ2n) is 5.31. The molecule has 0 heterocycles. The monoisotopic (exact) mass is 329 g/mol. The number of nitrogens with one attached hydrogen (secondary N) is 1. The van der Waals surface area contributed by atoms with Crippen LogP contribution in [0.5, 0.6) is 5.75 Å². The minimum atomic E-state index is -0.609. The maximum Gasteiger partial charge on any atom is 0.292 e. The molecule has 1 amide bonds. The number of anilines is 1. The summed E-state index contributed by atoms with van der Waals surface area (Å²) in [6, 6.07) is 11.7. The van der Waals surface area contributed by atoms with Crippen molar-refractivity contribution in [1.82, 2.24) is 5.32 Å². The zero-order chi connectivity index (χ0) is 17.5. The number of amides is 1. The van der Waals surface area contributed by atoms with Crippen molar-refractivity contribution in [3.63, 3.8) is 0 Å². The number of benzene rings is 2. The van der Waals surface area contributed by atoms with Gasteiger partial charge in [0.1, 0.15) is 11.4 Å². The Morgan fingerprint density at radius 3 is 2.79 bits per heavy atom. The molecule has 0 saturated carbocycles. The summed E-state index contributed by atoms with van der Waals surface area (Å²) in [5.74, 6) is 0.407. The topological polar surface area (TPSA) is 107 Å². The van der Waals surface area contributed by atoms with E-state index in [1.807, 2.05) is 31.2 Å². The summed E-state index contributed by atoms with van der Waals surface area (Å²) in [4.78, 5) is 22.2. The Balaban J connectivity index is 1.79. The van der Waals surface area contributed by atoms with Gasteiger partial charge < -0.3 is 15.8 Å². The minimum Gasteiger partial charge on any atom is -0.494 e. The lowest BCUT2D eigenvalue weighted by molar-refractivity contribution is -0.383. The Morgan fingerprint density at radius 1 is 1.29 bits per heavy atom. The Bertz CT molecular complexity index is 746. The number of carbonyl (C=O) groups excluding carboxylic acids is 1. The van der Waals surface area contributed by atoms with Crippen molar-refractivity contribution in [3.05, 3.63) is 63.7 Å². The van der Waals surface area contributed by atoms with Crippen LogP contribution in [0, 0.1) is 17.0 Å². The smallest absolute Gasteiger partial charge is 0.292 e. The highest BCUT2D eigenvalue weighted by molar-refractivity contribution is 5.95. The summed E-state index contributed by atoms with van der Waals surface area (Å²) in [5, 5.41) is 13.5. The molecule has 3 N–H and O–H groups in total. The van der Waals surface area contributed by atoms with Crippen molar-refractivity contribution in [1.29, 1.82) is 0 Å². The molecule has 2 rings (SSSR count). The van der Waals surface area contributed by atoms with Gasteiger partial charge in [-0.15, -0.1) is 0 Å². The largest absolute Gasteiger partial charge is 0.494 e. The summed E-state index contributed by atoms with van der Waals surface area (Å²) in [7, 11) is 0. The third-order valence-corrected chi connectivity index (χ3v) is 3.35. The molecule has 0 spiro atoms. The molecule has 2 aromatic carbocycles. The predicted molar refractivity (Wildman–Crippen MR) is 91.1 cm³/mol. The number of nitrogens with two attached hydrogens (primary N) is 1. The fraction of sp³-hybridized carbons (Fsp3) is 0.235. The molecule has 0 atom stereocenters. The second-order valence-corrected chi connectivity index (χ2v) is 5.31. The van der Waals surface area contributed by atoms with Crippen LogP contribution in [0.4, 0.5) is 11.4 Å². The molecule has 0 saturated heterocycles. The zero-order valence-electron chi connectivity index (χ0n) is 13.3. The van der Waals surface area contributed by atoms with Crippen LogP contribution in [0.3, 0.4) is 0 Å². The molecule has 0 bridgehead atoms. The number of nitrogens with zero attached hydrogens (tertiary/aromatic N) is 1. The van der Waals surface area contributed by atoms with Gasteiger partial charge in [0.15, 0.2) is 0 Å². The van der Waals surface area contributed by atoms with Crippen LogP contribution in [0.15, 0.2) is 42.5 Å².